The first-order valence-electron chi connectivity index (χ1n) is 9.82. The number of rotatable bonds is 7. The molecule has 29 heavy (non-hydrogen) atoms. The summed E-state index contributed by atoms with van der Waals surface area (Å²) in [6.45, 7) is 3.83. The highest BCUT2D eigenvalue weighted by Crippen LogP contribution is 2.20. The minimum Gasteiger partial charge on any atom is -0.366 e. The summed E-state index contributed by atoms with van der Waals surface area (Å²) in [4.78, 5) is 22.4. The molecule has 4 aromatic rings. The van der Waals surface area contributed by atoms with E-state index >= 15 is 0 Å². The Morgan fingerprint density at radius 1 is 1.03 bits per heavy atom. The van der Waals surface area contributed by atoms with E-state index in [9.17, 15) is 4.79 Å². The van der Waals surface area contributed by atoms with Gasteiger partial charge in [0, 0.05) is 30.2 Å². The van der Waals surface area contributed by atoms with Crippen LogP contribution in [0.4, 0.5) is 11.5 Å². The van der Waals surface area contributed by atoms with Crippen molar-refractivity contribution < 1.29 is 4.79 Å². The van der Waals surface area contributed by atoms with Gasteiger partial charge in [-0.2, -0.15) is 0 Å². The predicted molar refractivity (Wildman–Crippen MR) is 118 cm³/mol. The van der Waals surface area contributed by atoms with Crippen LogP contribution in [0, 0.1) is 0 Å². The second kappa shape index (κ2) is 8.61. The largest absolute Gasteiger partial charge is 0.366 e. The van der Waals surface area contributed by atoms with Gasteiger partial charge in [-0.05, 0) is 36.2 Å². The molecular formula is C24H24N4O. The average molecular weight is 384 g/mol. The molecule has 0 unspecified atom stereocenters. The molecule has 0 radical (unpaired) electrons. The summed E-state index contributed by atoms with van der Waals surface area (Å²) in [5.74, 6) is 0.487. The van der Waals surface area contributed by atoms with Gasteiger partial charge < -0.3 is 15.2 Å². The van der Waals surface area contributed by atoms with Crippen molar-refractivity contribution in [2.24, 2.45) is 0 Å². The average Bonchev–Trinajstić information content (AvgIpc) is 3.16. The molecule has 1 amide bonds. The number of hydrogen-bond donors (Lipinski definition) is 2. The van der Waals surface area contributed by atoms with E-state index in [2.05, 4.69) is 39.2 Å². The third-order valence-electron chi connectivity index (χ3n) is 5.00. The molecule has 0 aliphatic carbocycles. The lowest BCUT2D eigenvalue weighted by atomic mass is 10.1. The highest BCUT2D eigenvalue weighted by molar-refractivity contribution is 5.95. The predicted octanol–water partition coefficient (Wildman–Crippen LogP) is 4.77. The summed E-state index contributed by atoms with van der Waals surface area (Å²) in [6, 6.07) is 22.2. The maximum atomic E-state index is 12.5. The van der Waals surface area contributed by atoms with E-state index < -0.39 is 0 Å². The fourth-order valence-electron chi connectivity index (χ4n) is 3.47. The van der Waals surface area contributed by atoms with Crippen LogP contribution in [0.15, 0.2) is 79.1 Å². The molecule has 2 N–H and O–H groups in total. The summed E-state index contributed by atoms with van der Waals surface area (Å²) >= 11 is 0. The Hall–Kier alpha value is -3.60. The number of H-pyrrole nitrogens is 1. The Kier molecular flexibility index (Phi) is 5.56. The van der Waals surface area contributed by atoms with Gasteiger partial charge in [-0.25, -0.2) is 4.98 Å². The quantitative estimate of drug-likeness (QED) is 0.482. The number of amides is 1. The lowest BCUT2D eigenvalue weighted by molar-refractivity contribution is -0.115. The number of hydrogen-bond acceptors (Lipinski definition) is 3. The van der Waals surface area contributed by atoms with E-state index in [1.165, 1.54) is 5.56 Å². The number of anilines is 2. The molecular weight excluding hydrogens is 360 g/mol. The fourth-order valence-corrected chi connectivity index (χ4v) is 3.47. The Bertz CT molecular complexity index is 1090. The molecule has 5 nitrogen and oxygen atoms in total. The minimum absolute atomic E-state index is 0.0772. The maximum absolute atomic E-state index is 12.5. The standard InChI is InChI=1S/C24H24N4O/c1-2-28(17-18-8-4-3-5-9-18)20-12-13-23(26-16-20)27-24(29)14-19-15-25-22-11-7-6-10-21(19)22/h3-13,15-16,25H,2,14,17H2,1H3,(H,26,27,29). The molecule has 2 aromatic carbocycles. The summed E-state index contributed by atoms with van der Waals surface area (Å²) < 4.78 is 0. The van der Waals surface area contributed by atoms with E-state index in [0.717, 1.165) is 35.2 Å². The van der Waals surface area contributed by atoms with Gasteiger partial charge in [0.05, 0.1) is 18.3 Å². The van der Waals surface area contributed by atoms with Crippen LogP contribution in [-0.2, 0) is 17.8 Å². The smallest absolute Gasteiger partial charge is 0.230 e. The molecule has 0 spiro atoms. The van der Waals surface area contributed by atoms with Crippen molar-refractivity contribution in [3.63, 3.8) is 0 Å². The molecule has 0 aliphatic heterocycles. The Morgan fingerprint density at radius 2 is 1.83 bits per heavy atom. The summed E-state index contributed by atoms with van der Waals surface area (Å²) in [7, 11) is 0. The number of nitrogens with one attached hydrogen (secondary N) is 2. The molecule has 0 saturated carbocycles. The van der Waals surface area contributed by atoms with Crippen molar-refractivity contribution in [2.45, 2.75) is 19.9 Å². The number of carbonyl (C=O) groups excluding carboxylic acids is 1. The monoisotopic (exact) mass is 384 g/mol. The van der Waals surface area contributed by atoms with Crippen molar-refractivity contribution >= 4 is 28.3 Å². The van der Waals surface area contributed by atoms with Crippen LogP contribution in [0.5, 0.6) is 0 Å². The molecule has 0 bridgehead atoms. The van der Waals surface area contributed by atoms with Gasteiger partial charge in [-0.1, -0.05) is 48.5 Å². The fraction of sp³-hybridized carbons (Fsp3) is 0.167. The molecule has 5 heteroatoms. The summed E-state index contributed by atoms with van der Waals surface area (Å²) in [6.07, 6.45) is 4.01. The molecule has 0 atom stereocenters. The number of nitrogens with zero attached hydrogens (tertiary/aromatic N) is 2. The van der Waals surface area contributed by atoms with Crippen LogP contribution in [-0.4, -0.2) is 22.4 Å². The Morgan fingerprint density at radius 3 is 2.59 bits per heavy atom. The van der Waals surface area contributed by atoms with Crippen molar-refractivity contribution in [1.29, 1.82) is 0 Å². The van der Waals surface area contributed by atoms with E-state index in [0.29, 0.717) is 12.2 Å². The third kappa shape index (κ3) is 4.46. The minimum atomic E-state index is -0.0772. The van der Waals surface area contributed by atoms with Gasteiger partial charge >= 0.3 is 0 Å². The molecule has 0 fully saturated rings. The SMILES string of the molecule is CCN(Cc1ccccc1)c1ccc(NC(=O)Cc2c[nH]c3ccccc23)nc1. The molecule has 2 aromatic heterocycles. The van der Waals surface area contributed by atoms with Crippen LogP contribution in [0.1, 0.15) is 18.1 Å². The zero-order valence-corrected chi connectivity index (χ0v) is 16.4. The molecule has 0 aliphatic rings. The number of para-hydroxylation sites is 1. The topological polar surface area (TPSA) is 61.0 Å². The second-order valence-electron chi connectivity index (χ2n) is 6.99. The van der Waals surface area contributed by atoms with Crippen molar-refractivity contribution in [2.75, 3.05) is 16.8 Å². The normalized spacial score (nSPS) is 10.8. The Balaban J connectivity index is 1.40. The number of carbonyl (C=O) groups is 1. The Labute approximate surface area is 170 Å². The van der Waals surface area contributed by atoms with Crippen LogP contribution in [0.2, 0.25) is 0 Å². The van der Waals surface area contributed by atoms with Gasteiger partial charge in [0.25, 0.3) is 0 Å². The summed E-state index contributed by atoms with van der Waals surface area (Å²) in [5.41, 5.74) is 4.31. The first kappa shape index (κ1) is 18.7. The number of benzene rings is 2. The van der Waals surface area contributed by atoms with Gasteiger partial charge in [0.1, 0.15) is 5.82 Å². The van der Waals surface area contributed by atoms with E-state index in [4.69, 9.17) is 0 Å². The van der Waals surface area contributed by atoms with Gasteiger partial charge in [0.15, 0.2) is 0 Å². The van der Waals surface area contributed by atoms with Crippen molar-refractivity contribution in [1.82, 2.24) is 9.97 Å². The zero-order valence-electron chi connectivity index (χ0n) is 16.4. The maximum Gasteiger partial charge on any atom is 0.230 e. The molecule has 2 heterocycles. The van der Waals surface area contributed by atoms with Crippen LogP contribution in [0.3, 0.4) is 0 Å². The molecule has 0 saturated heterocycles. The highest BCUT2D eigenvalue weighted by atomic mass is 16.1. The van der Waals surface area contributed by atoms with Gasteiger partial charge in [0.2, 0.25) is 5.91 Å². The highest BCUT2D eigenvalue weighted by Gasteiger charge is 2.10. The van der Waals surface area contributed by atoms with E-state index in [-0.39, 0.29) is 5.91 Å². The molecule has 4 rings (SSSR count). The van der Waals surface area contributed by atoms with Crippen LogP contribution >= 0.6 is 0 Å². The lowest BCUT2D eigenvalue weighted by Crippen LogP contribution is -2.22. The number of fused-ring (bicyclic) bond motifs is 1. The van der Waals surface area contributed by atoms with E-state index in [1.807, 2.05) is 67.0 Å². The van der Waals surface area contributed by atoms with Crippen molar-refractivity contribution in [3.05, 3.63) is 90.3 Å². The first-order chi connectivity index (χ1) is 14.2. The number of aromatic amines is 1. The number of aromatic nitrogens is 2. The van der Waals surface area contributed by atoms with Crippen LogP contribution < -0.4 is 10.2 Å². The first-order valence-corrected chi connectivity index (χ1v) is 9.82. The van der Waals surface area contributed by atoms with Gasteiger partial charge in [-0.3, -0.25) is 4.79 Å². The van der Waals surface area contributed by atoms with Crippen molar-refractivity contribution in [3.8, 4) is 0 Å². The third-order valence-corrected chi connectivity index (χ3v) is 5.00. The molecule has 146 valence electrons. The van der Waals surface area contributed by atoms with Crippen LogP contribution in [0.25, 0.3) is 10.9 Å². The van der Waals surface area contributed by atoms with E-state index in [1.54, 1.807) is 0 Å². The second-order valence-corrected chi connectivity index (χ2v) is 6.99. The summed E-state index contributed by atoms with van der Waals surface area (Å²) in [5, 5.41) is 3.97. The van der Waals surface area contributed by atoms with Gasteiger partial charge in [-0.15, -0.1) is 0 Å². The number of pyridine rings is 1. The lowest BCUT2D eigenvalue weighted by Gasteiger charge is -2.23. The zero-order chi connectivity index (χ0) is 20.1.